The average molecular weight is 359 g/mol. The van der Waals surface area contributed by atoms with Gasteiger partial charge in [0.2, 0.25) is 0 Å². The third-order valence-electron chi connectivity index (χ3n) is 5.21. The van der Waals surface area contributed by atoms with E-state index in [4.69, 9.17) is 4.74 Å². The van der Waals surface area contributed by atoms with Gasteiger partial charge in [-0.05, 0) is 38.1 Å². The van der Waals surface area contributed by atoms with Crippen LogP contribution in [0.2, 0.25) is 0 Å². The fourth-order valence-corrected chi connectivity index (χ4v) is 4.94. The van der Waals surface area contributed by atoms with Crippen molar-refractivity contribution in [3.63, 3.8) is 0 Å². The summed E-state index contributed by atoms with van der Waals surface area (Å²) in [4.78, 5) is 10.6. The highest BCUT2D eigenvalue weighted by Crippen LogP contribution is 2.33. The van der Waals surface area contributed by atoms with Crippen LogP contribution in [0.1, 0.15) is 17.7 Å². The van der Waals surface area contributed by atoms with E-state index in [-0.39, 0.29) is 6.10 Å². The highest BCUT2D eigenvalue weighted by atomic mass is 32.1. The summed E-state index contributed by atoms with van der Waals surface area (Å²) < 4.78 is 5.45. The number of nitrogens with zero attached hydrogens (tertiary/aromatic N) is 3. The Morgan fingerprint density at radius 1 is 1.24 bits per heavy atom. The molecule has 0 aliphatic carbocycles. The predicted octanol–water partition coefficient (Wildman–Crippen LogP) is 2.46. The minimum atomic E-state index is -0.236. The Morgan fingerprint density at radius 3 is 2.84 bits per heavy atom. The summed E-state index contributed by atoms with van der Waals surface area (Å²) in [5.41, 5.74) is 1.04. The minimum absolute atomic E-state index is 0.236. The molecule has 2 atom stereocenters. The van der Waals surface area contributed by atoms with Crippen molar-refractivity contribution in [2.45, 2.75) is 31.5 Å². The van der Waals surface area contributed by atoms with Crippen LogP contribution in [0, 0.1) is 0 Å². The number of β-amino-alcohol motifs (C(OH)–C–C–N with tert-alkyl or cyclic N) is 1. The number of ether oxygens (including phenoxy) is 1. The second-order valence-corrected chi connectivity index (χ2v) is 8.02. The van der Waals surface area contributed by atoms with Gasteiger partial charge < -0.3 is 9.84 Å². The maximum atomic E-state index is 10.4. The molecule has 134 valence electrons. The Kier molecular flexibility index (Phi) is 5.03. The molecule has 1 N–H and O–H groups in total. The van der Waals surface area contributed by atoms with Gasteiger partial charge in [0.1, 0.15) is 10.8 Å². The fraction of sp³-hybridized carbons (Fsp3) is 0.526. The van der Waals surface area contributed by atoms with E-state index in [0.717, 1.165) is 49.0 Å². The van der Waals surface area contributed by atoms with Crippen molar-refractivity contribution in [2.24, 2.45) is 0 Å². The van der Waals surface area contributed by atoms with Crippen LogP contribution < -0.4 is 4.74 Å². The molecule has 6 heteroatoms. The van der Waals surface area contributed by atoms with Crippen LogP contribution in [0.3, 0.4) is 0 Å². The van der Waals surface area contributed by atoms with Crippen molar-refractivity contribution >= 4 is 11.3 Å². The summed E-state index contributed by atoms with van der Waals surface area (Å²) in [6, 6.07) is 8.29. The molecule has 0 unspecified atom stereocenters. The second-order valence-electron chi connectivity index (χ2n) is 6.90. The van der Waals surface area contributed by atoms with Crippen molar-refractivity contribution in [1.82, 2.24) is 14.8 Å². The Bertz CT molecular complexity index is 714. The zero-order chi connectivity index (χ0) is 17.2. The number of hydrogen-bond donors (Lipinski definition) is 1. The normalized spacial score (nSPS) is 24.9. The molecule has 2 fully saturated rings. The zero-order valence-electron chi connectivity index (χ0n) is 14.6. The van der Waals surface area contributed by atoms with Crippen LogP contribution in [0.15, 0.2) is 30.5 Å². The van der Waals surface area contributed by atoms with E-state index >= 15 is 0 Å². The summed E-state index contributed by atoms with van der Waals surface area (Å²) in [6.07, 6.45) is 4.25. The van der Waals surface area contributed by atoms with Crippen LogP contribution in [0.4, 0.5) is 0 Å². The van der Waals surface area contributed by atoms with Crippen molar-refractivity contribution in [3.05, 3.63) is 35.3 Å². The number of likely N-dealkylation sites (tertiary alicyclic amines) is 2. The van der Waals surface area contributed by atoms with Crippen LogP contribution in [-0.2, 0) is 6.54 Å². The number of benzene rings is 1. The molecular weight excluding hydrogens is 334 g/mol. The molecule has 2 aromatic rings. The molecule has 2 saturated heterocycles. The number of aromatic nitrogens is 1. The van der Waals surface area contributed by atoms with Gasteiger partial charge in [-0.3, -0.25) is 9.80 Å². The number of thiazole rings is 1. The Labute approximate surface area is 152 Å². The number of methoxy groups -OCH3 is 1. The number of aliphatic hydroxyl groups is 1. The van der Waals surface area contributed by atoms with E-state index in [1.165, 1.54) is 17.7 Å². The summed E-state index contributed by atoms with van der Waals surface area (Å²) in [5.74, 6) is 0.856. The molecule has 0 amide bonds. The largest absolute Gasteiger partial charge is 0.496 e. The Hall–Kier alpha value is -1.47. The molecule has 5 nitrogen and oxygen atoms in total. The number of aliphatic hydroxyl groups excluding tert-OH is 1. The molecule has 2 aliphatic rings. The molecule has 0 spiro atoms. The summed E-state index contributed by atoms with van der Waals surface area (Å²) in [6.45, 7) is 4.82. The zero-order valence-corrected chi connectivity index (χ0v) is 15.4. The van der Waals surface area contributed by atoms with Crippen molar-refractivity contribution in [2.75, 3.05) is 33.3 Å². The van der Waals surface area contributed by atoms with Gasteiger partial charge in [0.25, 0.3) is 0 Å². The van der Waals surface area contributed by atoms with Crippen molar-refractivity contribution < 1.29 is 9.84 Å². The van der Waals surface area contributed by atoms with Gasteiger partial charge in [-0.1, -0.05) is 12.1 Å². The topological polar surface area (TPSA) is 48.8 Å². The highest BCUT2D eigenvalue weighted by Gasteiger charge is 2.36. The molecular formula is C19H25N3O2S. The Morgan fingerprint density at radius 2 is 2.04 bits per heavy atom. The molecule has 0 bridgehead atoms. The highest BCUT2D eigenvalue weighted by molar-refractivity contribution is 7.15. The molecule has 0 radical (unpaired) electrons. The maximum Gasteiger partial charge on any atom is 0.129 e. The van der Waals surface area contributed by atoms with Crippen LogP contribution in [0.25, 0.3) is 10.6 Å². The van der Waals surface area contributed by atoms with Gasteiger partial charge >= 0.3 is 0 Å². The fourth-order valence-electron chi connectivity index (χ4n) is 3.95. The van der Waals surface area contributed by atoms with Gasteiger partial charge in [0.15, 0.2) is 0 Å². The van der Waals surface area contributed by atoms with Gasteiger partial charge in [-0.2, -0.15) is 0 Å². The quantitative estimate of drug-likeness (QED) is 0.889. The van der Waals surface area contributed by atoms with Gasteiger partial charge in [-0.15, -0.1) is 11.3 Å². The predicted molar refractivity (Wildman–Crippen MR) is 100.0 cm³/mol. The van der Waals surface area contributed by atoms with Crippen LogP contribution in [0.5, 0.6) is 5.75 Å². The van der Waals surface area contributed by atoms with Gasteiger partial charge in [0, 0.05) is 36.8 Å². The maximum absolute atomic E-state index is 10.4. The van der Waals surface area contributed by atoms with Crippen LogP contribution >= 0.6 is 11.3 Å². The summed E-state index contributed by atoms with van der Waals surface area (Å²) >= 11 is 1.71. The lowest BCUT2D eigenvalue weighted by molar-refractivity contribution is 0.0978. The van der Waals surface area contributed by atoms with E-state index < -0.39 is 0 Å². The number of rotatable bonds is 5. The van der Waals surface area contributed by atoms with Crippen LogP contribution in [-0.4, -0.2) is 65.3 Å². The van der Waals surface area contributed by atoms with E-state index in [1.807, 2.05) is 30.5 Å². The lowest BCUT2D eigenvalue weighted by atomic mass is 10.2. The number of para-hydroxylation sites is 1. The molecule has 3 heterocycles. The van der Waals surface area contributed by atoms with Gasteiger partial charge in [0.05, 0.1) is 18.8 Å². The molecule has 0 saturated carbocycles. The molecule has 25 heavy (non-hydrogen) atoms. The van der Waals surface area contributed by atoms with E-state index in [0.29, 0.717) is 6.04 Å². The first-order valence-corrected chi connectivity index (χ1v) is 9.79. The first kappa shape index (κ1) is 17.0. The monoisotopic (exact) mass is 359 g/mol. The third kappa shape index (κ3) is 3.58. The standard InChI is InChI=1S/C19H25N3O2S/c1-24-18-7-3-2-6-15(18)19-20-10-14(25-19)11-21-12-16(17(23)13-21)22-8-4-5-9-22/h2-3,6-7,10,16-17,23H,4-5,8-9,11-13H2,1H3/t16-,17-/m0/s1. The third-order valence-corrected chi connectivity index (χ3v) is 6.23. The second kappa shape index (κ2) is 7.41. The first-order chi connectivity index (χ1) is 12.2. The summed E-state index contributed by atoms with van der Waals surface area (Å²) in [7, 11) is 1.69. The average Bonchev–Trinajstić information content (AvgIpc) is 3.36. The molecule has 1 aromatic carbocycles. The molecule has 4 rings (SSSR count). The smallest absolute Gasteiger partial charge is 0.129 e. The van der Waals surface area contributed by atoms with E-state index in [2.05, 4.69) is 14.8 Å². The summed E-state index contributed by atoms with van der Waals surface area (Å²) in [5, 5.41) is 11.4. The van der Waals surface area contributed by atoms with Crippen molar-refractivity contribution in [3.8, 4) is 16.3 Å². The Balaban J connectivity index is 1.43. The lowest BCUT2D eigenvalue weighted by Gasteiger charge is -2.25. The lowest BCUT2D eigenvalue weighted by Crippen LogP contribution is -2.41. The van der Waals surface area contributed by atoms with E-state index in [1.54, 1.807) is 18.4 Å². The molecule has 1 aromatic heterocycles. The van der Waals surface area contributed by atoms with Crippen molar-refractivity contribution in [1.29, 1.82) is 0 Å². The first-order valence-electron chi connectivity index (χ1n) is 8.97. The van der Waals surface area contributed by atoms with E-state index in [9.17, 15) is 5.11 Å². The SMILES string of the molecule is COc1ccccc1-c1ncc(CN2C[C@H](O)[C@@H](N3CCCC3)C2)s1. The van der Waals surface area contributed by atoms with Gasteiger partial charge in [-0.25, -0.2) is 4.98 Å². The number of hydrogen-bond acceptors (Lipinski definition) is 6. The molecule has 2 aliphatic heterocycles. The minimum Gasteiger partial charge on any atom is -0.496 e.